The van der Waals surface area contributed by atoms with Crippen LogP contribution in [0, 0.1) is 0 Å². The lowest BCUT2D eigenvalue weighted by molar-refractivity contribution is 1.07. The Hall–Kier alpha value is -2.06. The van der Waals surface area contributed by atoms with Gasteiger partial charge >= 0.3 is 0 Å². The number of benzene rings is 2. The van der Waals surface area contributed by atoms with E-state index in [1.165, 1.54) is 0 Å². The minimum absolute atomic E-state index is 0.611. The number of halogens is 1. The predicted molar refractivity (Wildman–Crippen MR) is 74.0 cm³/mol. The lowest BCUT2D eigenvalue weighted by Gasteiger charge is -2.08. The van der Waals surface area contributed by atoms with Crippen LogP contribution in [0.15, 0.2) is 66.9 Å². The summed E-state index contributed by atoms with van der Waals surface area (Å²) in [5.74, 6) is 0.854. The van der Waals surface area contributed by atoms with Crippen molar-refractivity contribution in [3.8, 4) is 17.1 Å². The molecule has 0 spiro atoms. The van der Waals surface area contributed by atoms with E-state index in [2.05, 4.69) is 4.98 Å². The van der Waals surface area contributed by atoms with Crippen LogP contribution in [-0.4, -0.2) is 9.55 Å². The zero-order valence-corrected chi connectivity index (χ0v) is 10.4. The van der Waals surface area contributed by atoms with E-state index in [9.17, 15) is 0 Å². The van der Waals surface area contributed by atoms with Gasteiger partial charge in [-0.3, -0.25) is 4.57 Å². The Labute approximate surface area is 110 Å². The fraction of sp³-hybridized carbons (Fsp3) is 0. The topological polar surface area (TPSA) is 17.8 Å². The molecule has 3 aromatic rings. The molecule has 0 aliphatic heterocycles. The van der Waals surface area contributed by atoms with Crippen molar-refractivity contribution in [1.82, 2.24) is 9.55 Å². The standard InChI is InChI=1S/C15H11ClN2/c16-14-11-17-15(12-7-3-1-4-8-12)18(14)13-9-5-2-6-10-13/h1-11H. The van der Waals surface area contributed by atoms with Gasteiger partial charge in [-0.1, -0.05) is 60.1 Å². The van der Waals surface area contributed by atoms with Crippen molar-refractivity contribution in [2.75, 3.05) is 0 Å². The second-order valence-corrected chi connectivity index (χ2v) is 4.33. The molecule has 3 heteroatoms. The van der Waals surface area contributed by atoms with E-state index in [1.54, 1.807) is 6.20 Å². The van der Waals surface area contributed by atoms with Crippen LogP contribution in [0.3, 0.4) is 0 Å². The van der Waals surface area contributed by atoms with Gasteiger partial charge in [-0.15, -0.1) is 0 Å². The summed E-state index contributed by atoms with van der Waals surface area (Å²) in [6, 6.07) is 20.0. The first kappa shape index (κ1) is 11.1. The minimum Gasteiger partial charge on any atom is -0.283 e. The van der Waals surface area contributed by atoms with Crippen molar-refractivity contribution in [2.24, 2.45) is 0 Å². The first-order valence-electron chi connectivity index (χ1n) is 5.70. The third-order valence-electron chi connectivity index (χ3n) is 2.77. The Morgan fingerprint density at radius 2 is 1.44 bits per heavy atom. The normalized spacial score (nSPS) is 10.5. The fourth-order valence-corrected chi connectivity index (χ4v) is 2.17. The number of nitrogens with zero attached hydrogens (tertiary/aromatic N) is 2. The van der Waals surface area contributed by atoms with E-state index in [4.69, 9.17) is 11.6 Å². The van der Waals surface area contributed by atoms with Gasteiger partial charge in [0.05, 0.1) is 6.20 Å². The molecule has 2 aromatic carbocycles. The van der Waals surface area contributed by atoms with E-state index in [-0.39, 0.29) is 0 Å². The van der Waals surface area contributed by atoms with Crippen LogP contribution in [0.2, 0.25) is 5.15 Å². The second-order valence-electron chi connectivity index (χ2n) is 3.94. The summed E-state index contributed by atoms with van der Waals surface area (Å²) in [5.41, 5.74) is 2.06. The molecule has 0 fully saturated rings. The monoisotopic (exact) mass is 254 g/mol. The molecule has 0 N–H and O–H groups in total. The van der Waals surface area contributed by atoms with Gasteiger partial charge in [0.1, 0.15) is 11.0 Å². The number of imidazole rings is 1. The lowest BCUT2D eigenvalue weighted by Crippen LogP contribution is -1.97. The Morgan fingerprint density at radius 3 is 2.11 bits per heavy atom. The predicted octanol–water partition coefficient (Wildman–Crippen LogP) is 4.19. The number of para-hydroxylation sites is 1. The van der Waals surface area contributed by atoms with Crippen LogP contribution in [0.25, 0.3) is 17.1 Å². The Morgan fingerprint density at radius 1 is 0.833 bits per heavy atom. The minimum atomic E-state index is 0.611. The molecule has 1 heterocycles. The molecule has 18 heavy (non-hydrogen) atoms. The van der Waals surface area contributed by atoms with Crippen molar-refractivity contribution in [3.05, 3.63) is 72.0 Å². The highest BCUT2D eigenvalue weighted by Gasteiger charge is 2.11. The Kier molecular flexibility index (Phi) is 2.87. The summed E-state index contributed by atoms with van der Waals surface area (Å²) in [6.07, 6.45) is 1.68. The molecule has 1 aromatic heterocycles. The summed E-state index contributed by atoms with van der Waals surface area (Å²) in [5, 5.41) is 0.611. The van der Waals surface area contributed by atoms with Gasteiger partial charge in [-0.25, -0.2) is 4.98 Å². The SMILES string of the molecule is Clc1cnc(-c2ccccc2)n1-c1ccccc1. The quantitative estimate of drug-likeness (QED) is 0.670. The van der Waals surface area contributed by atoms with E-state index >= 15 is 0 Å². The first-order valence-corrected chi connectivity index (χ1v) is 6.08. The molecule has 2 nitrogen and oxygen atoms in total. The molecule has 3 rings (SSSR count). The van der Waals surface area contributed by atoms with Gasteiger partial charge in [0.15, 0.2) is 0 Å². The average molecular weight is 255 g/mol. The zero-order valence-electron chi connectivity index (χ0n) is 9.62. The smallest absolute Gasteiger partial charge is 0.145 e. The van der Waals surface area contributed by atoms with Crippen LogP contribution in [0.5, 0.6) is 0 Å². The highest BCUT2D eigenvalue weighted by molar-refractivity contribution is 6.30. The number of rotatable bonds is 2. The van der Waals surface area contributed by atoms with Crippen molar-refractivity contribution in [3.63, 3.8) is 0 Å². The molecule has 0 atom stereocenters. The summed E-state index contributed by atoms with van der Waals surface area (Å²) >= 11 is 6.23. The maximum Gasteiger partial charge on any atom is 0.145 e. The largest absolute Gasteiger partial charge is 0.283 e. The van der Waals surface area contributed by atoms with Crippen LogP contribution < -0.4 is 0 Å². The van der Waals surface area contributed by atoms with Crippen molar-refractivity contribution < 1.29 is 0 Å². The van der Waals surface area contributed by atoms with E-state index in [0.29, 0.717) is 5.15 Å². The Balaban J connectivity index is 2.19. The maximum absolute atomic E-state index is 6.23. The molecular formula is C15H11ClN2. The maximum atomic E-state index is 6.23. The van der Waals surface area contributed by atoms with E-state index in [1.807, 2.05) is 65.2 Å². The highest BCUT2D eigenvalue weighted by atomic mass is 35.5. The average Bonchev–Trinajstić information content (AvgIpc) is 2.83. The number of hydrogen-bond donors (Lipinski definition) is 0. The number of hydrogen-bond acceptors (Lipinski definition) is 1. The third kappa shape index (κ3) is 1.91. The second kappa shape index (κ2) is 4.67. The van der Waals surface area contributed by atoms with Crippen LogP contribution >= 0.6 is 11.6 Å². The molecule has 0 saturated carbocycles. The van der Waals surface area contributed by atoms with Crippen LogP contribution in [0.4, 0.5) is 0 Å². The molecule has 0 aliphatic rings. The summed E-state index contributed by atoms with van der Waals surface area (Å²) in [7, 11) is 0. The van der Waals surface area contributed by atoms with Gasteiger partial charge < -0.3 is 0 Å². The molecular weight excluding hydrogens is 244 g/mol. The van der Waals surface area contributed by atoms with Crippen molar-refractivity contribution >= 4 is 11.6 Å². The van der Waals surface area contributed by atoms with Gasteiger partial charge in [-0.2, -0.15) is 0 Å². The third-order valence-corrected chi connectivity index (χ3v) is 3.03. The molecule has 0 saturated heterocycles. The van der Waals surface area contributed by atoms with E-state index in [0.717, 1.165) is 17.1 Å². The molecule has 0 bridgehead atoms. The first-order chi connectivity index (χ1) is 8.86. The van der Waals surface area contributed by atoms with Crippen molar-refractivity contribution in [2.45, 2.75) is 0 Å². The molecule has 0 unspecified atom stereocenters. The molecule has 0 amide bonds. The number of aromatic nitrogens is 2. The fourth-order valence-electron chi connectivity index (χ4n) is 1.94. The Bertz CT molecular complexity index is 645. The van der Waals surface area contributed by atoms with E-state index < -0.39 is 0 Å². The zero-order chi connectivity index (χ0) is 12.4. The lowest BCUT2D eigenvalue weighted by atomic mass is 10.2. The molecule has 88 valence electrons. The molecule has 0 radical (unpaired) electrons. The van der Waals surface area contributed by atoms with Gasteiger partial charge in [0.2, 0.25) is 0 Å². The summed E-state index contributed by atoms with van der Waals surface area (Å²) in [4.78, 5) is 4.39. The summed E-state index contributed by atoms with van der Waals surface area (Å²) < 4.78 is 1.94. The van der Waals surface area contributed by atoms with Gasteiger partial charge in [0, 0.05) is 11.3 Å². The van der Waals surface area contributed by atoms with Gasteiger partial charge in [0.25, 0.3) is 0 Å². The van der Waals surface area contributed by atoms with Gasteiger partial charge in [-0.05, 0) is 12.1 Å². The van der Waals surface area contributed by atoms with Crippen LogP contribution in [0.1, 0.15) is 0 Å². The van der Waals surface area contributed by atoms with Crippen LogP contribution in [-0.2, 0) is 0 Å². The highest BCUT2D eigenvalue weighted by Crippen LogP contribution is 2.26. The molecule has 0 aliphatic carbocycles. The summed E-state index contributed by atoms with van der Waals surface area (Å²) in [6.45, 7) is 0. The van der Waals surface area contributed by atoms with Crippen molar-refractivity contribution in [1.29, 1.82) is 0 Å².